The molecule has 0 bridgehead atoms. The molecular weight excluding hydrogens is 212 g/mol. The average Bonchev–Trinajstić information content (AvgIpc) is 2.68. The van der Waals surface area contributed by atoms with Crippen molar-refractivity contribution in [3.05, 3.63) is 33.1 Å². The van der Waals surface area contributed by atoms with Crippen molar-refractivity contribution in [2.45, 2.75) is 32.1 Å². The summed E-state index contributed by atoms with van der Waals surface area (Å²) in [6.07, 6.45) is 3.18. The van der Waals surface area contributed by atoms with E-state index in [1.54, 1.807) is 0 Å². The van der Waals surface area contributed by atoms with Crippen molar-refractivity contribution in [3.63, 3.8) is 0 Å². The van der Waals surface area contributed by atoms with E-state index in [9.17, 15) is 9.59 Å². The van der Waals surface area contributed by atoms with Crippen molar-refractivity contribution in [2.24, 2.45) is 0 Å². The van der Waals surface area contributed by atoms with Crippen LogP contribution in [0.2, 0.25) is 0 Å². The van der Waals surface area contributed by atoms with Crippen molar-refractivity contribution in [1.29, 1.82) is 0 Å². The highest BCUT2D eigenvalue weighted by Gasteiger charge is 2.23. The summed E-state index contributed by atoms with van der Waals surface area (Å²) in [5.41, 5.74) is -0.783. The number of aliphatic hydroxyl groups is 1. The molecule has 2 atom stereocenters. The van der Waals surface area contributed by atoms with Gasteiger partial charge in [-0.15, -0.1) is 0 Å². The first-order chi connectivity index (χ1) is 7.66. The number of aromatic amines is 1. The fourth-order valence-corrected chi connectivity index (χ4v) is 1.64. The highest BCUT2D eigenvalue weighted by Crippen LogP contribution is 2.25. The quantitative estimate of drug-likeness (QED) is 0.699. The molecular formula is C10H16N2O4. The van der Waals surface area contributed by atoms with Crippen LogP contribution in [-0.4, -0.2) is 27.9 Å². The second kappa shape index (κ2) is 5.62. The van der Waals surface area contributed by atoms with E-state index in [0.717, 1.165) is 20.0 Å². The molecule has 1 aliphatic rings. The lowest BCUT2D eigenvalue weighted by atomic mass is 10.2. The van der Waals surface area contributed by atoms with E-state index in [2.05, 4.69) is 4.98 Å². The number of nitrogens with one attached hydrogen (secondary N) is 1. The molecule has 16 heavy (non-hydrogen) atoms. The first kappa shape index (κ1) is 12.7. The van der Waals surface area contributed by atoms with Crippen LogP contribution in [0.25, 0.3) is 0 Å². The maximum absolute atomic E-state index is 11.4. The predicted octanol–water partition coefficient (Wildman–Crippen LogP) is -0.157. The van der Waals surface area contributed by atoms with E-state index in [4.69, 9.17) is 9.84 Å². The summed E-state index contributed by atoms with van der Waals surface area (Å²) < 4.78 is 6.93. The average molecular weight is 228 g/mol. The van der Waals surface area contributed by atoms with Gasteiger partial charge in [-0.3, -0.25) is 14.3 Å². The Kier molecular flexibility index (Phi) is 4.45. The molecule has 1 aromatic heterocycles. The Morgan fingerprint density at radius 1 is 1.44 bits per heavy atom. The molecule has 1 saturated heterocycles. The molecule has 2 N–H and O–H groups in total. The van der Waals surface area contributed by atoms with Crippen LogP contribution in [0, 0.1) is 0 Å². The van der Waals surface area contributed by atoms with Crippen LogP contribution in [0.5, 0.6) is 0 Å². The summed E-state index contributed by atoms with van der Waals surface area (Å²) in [6.45, 7) is 1.97. The second-order valence-electron chi connectivity index (χ2n) is 3.50. The van der Waals surface area contributed by atoms with E-state index in [1.165, 1.54) is 16.8 Å². The number of ether oxygens (including phenoxy) is 1. The molecule has 2 heterocycles. The summed E-state index contributed by atoms with van der Waals surface area (Å²) in [6, 6.07) is 1.33. The molecule has 6 nitrogen and oxygen atoms in total. The van der Waals surface area contributed by atoms with Crippen LogP contribution >= 0.6 is 0 Å². The topological polar surface area (TPSA) is 84.3 Å². The van der Waals surface area contributed by atoms with Crippen molar-refractivity contribution in [3.8, 4) is 0 Å². The van der Waals surface area contributed by atoms with Gasteiger partial charge in [-0.25, -0.2) is 4.79 Å². The SMILES string of the molecule is CC1CCC(n2ccc(=O)[nH]c2=O)O1.CO. The third-order valence-corrected chi connectivity index (χ3v) is 2.37. The van der Waals surface area contributed by atoms with Gasteiger partial charge in [0.2, 0.25) is 0 Å². The lowest BCUT2D eigenvalue weighted by Gasteiger charge is -2.12. The third kappa shape index (κ3) is 2.80. The van der Waals surface area contributed by atoms with Crippen molar-refractivity contribution in [2.75, 3.05) is 7.11 Å². The number of hydrogen-bond acceptors (Lipinski definition) is 4. The van der Waals surface area contributed by atoms with Crippen LogP contribution in [0.1, 0.15) is 26.0 Å². The zero-order chi connectivity index (χ0) is 12.1. The summed E-state index contributed by atoms with van der Waals surface area (Å²) in [4.78, 5) is 24.4. The largest absolute Gasteiger partial charge is 0.400 e. The van der Waals surface area contributed by atoms with Crippen molar-refractivity contribution < 1.29 is 9.84 Å². The fourth-order valence-electron chi connectivity index (χ4n) is 1.64. The number of aliphatic hydroxyl groups excluding tert-OH is 1. The number of H-pyrrole nitrogens is 1. The number of aromatic nitrogens is 2. The number of rotatable bonds is 1. The first-order valence-electron chi connectivity index (χ1n) is 5.08. The van der Waals surface area contributed by atoms with Crippen molar-refractivity contribution >= 4 is 0 Å². The highest BCUT2D eigenvalue weighted by atomic mass is 16.5. The van der Waals surface area contributed by atoms with E-state index >= 15 is 0 Å². The molecule has 1 aromatic rings. The standard InChI is InChI=1S/C9H12N2O3.CH4O/c1-6-2-3-8(14-6)11-5-4-7(12)10-9(11)13;1-2/h4-6,8H,2-3H2,1H3,(H,10,12,13);2H,1H3. The van der Waals surface area contributed by atoms with Crippen LogP contribution in [0.3, 0.4) is 0 Å². The molecule has 6 heteroatoms. The maximum Gasteiger partial charge on any atom is 0.330 e. The van der Waals surface area contributed by atoms with Gasteiger partial charge in [0.05, 0.1) is 6.10 Å². The van der Waals surface area contributed by atoms with Gasteiger partial charge in [0, 0.05) is 19.4 Å². The zero-order valence-electron chi connectivity index (χ0n) is 9.34. The Labute approximate surface area is 92.5 Å². The predicted molar refractivity (Wildman–Crippen MR) is 58.3 cm³/mol. The molecule has 90 valence electrons. The van der Waals surface area contributed by atoms with Gasteiger partial charge in [-0.2, -0.15) is 0 Å². The third-order valence-electron chi connectivity index (χ3n) is 2.37. The van der Waals surface area contributed by atoms with Crippen LogP contribution in [0.4, 0.5) is 0 Å². The minimum absolute atomic E-state index is 0.179. The second-order valence-corrected chi connectivity index (χ2v) is 3.50. The maximum atomic E-state index is 11.4. The van der Waals surface area contributed by atoms with Gasteiger partial charge in [0.25, 0.3) is 5.56 Å². The van der Waals surface area contributed by atoms with E-state index in [0.29, 0.717) is 0 Å². The van der Waals surface area contributed by atoms with Crippen LogP contribution in [-0.2, 0) is 4.74 Å². The van der Waals surface area contributed by atoms with Gasteiger partial charge < -0.3 is 9.84 Å². The minimum Gasteiger partial charge on any atom is -0.400 e. The molecule has 0 amide bonds. The molecule has 1 aliphatic heterocycles. The van der Waals surface area contributed by atoms with Gasteiger partial charge in [-0.1, -0.05) is 0 Å². The van der Waals surface area contributed by atoms with E-state index in [-0.39, 0.29) is 17.9 Å². The Morgan fingerprint density at radius 3 is 2.62 bits per heavy atom. The Bertz CT molecular complexity index is 437. The molecule has 0 spiro atoms. The van der Waals surface area contributed by atoms with Gasteiger partial charge in [0.1, 0.15) is 6.23 Å². The lowest BCUT2D eigenvalue weighted by molar-refractivity contribution is 0.00792. The van der Waals surface area contributed by atoms with Gasteiger partial charge in [0.15, 0.2) is 0 Å². The Hall–Kier alpha value is -1.40. The fraction of sp³-hybridized carbons (Fsp3) is 0.600. The summed E-state index contributed by atoms with van der Waals surface area (Å²) in [5.74, 6) is 0. The molecule has 0 aliphatic carbocycles. The van der Waals surface area contributed by atoms with E-state index in [1.807, 2.05) is 6.92 Å². The molecule has 0 saturated carbocycles. The summed E-state index contributed by atoms with van der Waals surface area (Å²) >= 11 is 0. The Morgan fingerprint density at radius 2 is 2.12 bits per heavy atom. The molecule has 2 unspecified atom stereocenters. The van der Waals surface area contributed by atoms with Crippen LogP contribution < -0.4 is 11.2 Å². The zero-order valence-corrected chi connectivity index (χ0v) is 9.34. The minimum atomic E-state index is -0.406. The lowest BCUT2D eigenvalue weighted by Crippen LogP contribution is -2.31. The first-order valence-corrected chi connectivity index (χ1v) is 5.08. The smallest absolute Gasteiger partial charge is 0.330 e. The number of hydrogen-bond donors (Lipinski definition) is 2. The molecule has 2 rings (SSSR count). The van der Waals surface area contributed by atoms with Crippen molar-refractivity contribution in [1.82, 2.24) is 9.55 Å². The molecule has 1 fully saturated rings. The van der Waals surface area contributed by atoms with E-state index < -0.39 is 5.69 Å². The monoisotopic (exact) mass is 228 g/mol. The number of nitrogens with zero attached hydrogens (tertiary/aromatic N) is 1. The van der Waals surface area contributed by atoms with Gasteiger partial charge in [-0.05, 0) is 19.8 Å². The Balaban J connectivity index is 0.000000606. The van der Waals surface area contributed by atoms with Crippen LogP contribution in [0.15, 0.2) is 21.9 Å². The summed E-state index contributed by atoms with van der Waals surface area (Å²) in [5, 5.41) is 7.00. The normalized spacial score (nSPS) is 23.7. The highest BCUT2D eigenvalue weighted by molar-refractivity contribution is 4.85. The summed E-state index contributed by atoms with van der Waals surface area (Å²) in [7, 11) is 1.00. The van der Waals surface area contributed by atoms with Gasteiger partial charge >= 0.3 is 5.69 Å². The molecule has 0 radical (unpaired) electrons. The molecule has 0 aromatic carbocycles.